The van der Waals surface area contributed by atoms with Gasteiger partial charge in [-0.2, -0.15) is 0 Å². The van der Waals surface area contributed by atoms with Crippen LogP contribution in [0.4, 0.5) is 0 Å². The first-order valence-corrected chi connectivity index (χ1v) is 12.2. The highest BCUT2D eigenvalue weighted by Crippen LogP contribution is 2.35. The molecular formula is C21H23N3O4S2. The van der Waals surface area contributed by atoms with E-state index in [0.29, 0.717) is 24.5 Å². The molecule has 2 aromatic heterocycles. The summed E-state index contributed by atoms with van der Waals surface area (Å²) in [7, 11) is -0.116. The Labute approximate surface area is 180 Å². The fourth-order valence-electron chi connectivity index (χ4n) is 3.50. The van der Waals surface area contributed by atoms with E-state index >= 15 is 0 Å². The lowest BCUT2D eigenvalue weighted by Crippen LogP contribution is -2.31. The standard InChI is InChI=1S/C21H23N3O4S2/c1-27-18-6-4-14(10-19(18)28-2)20-7-5-16(29-20)13-24-9-8-17-15(12-24)11-22-21(23-17)30(3,25)26/h4-7,10-11H,8-9,12-13H2,1-3H3. The number of hydrogen-bond acceptors (Lipinski definition) is 8. The zero-order valence-corrected chi connectivity index (χ0v) is 18.7. The SMILES string of the molecule is COc1ccc(-c2ccc(CN3CCc4nc(S(C)(=O)=O)ncc4C3)s2)cc1OC. The Hall–Kier alpha value is -2.49. The second kappa shape index (κ2) is 8.33. The molecule has 0 radical (unpaired) electrons. The average Bonchev–Trinajstić information content (AvgIpc) is 3.20. The van der Waals surface area contributed by atoms with Crippen LogP contribution in [0, 0.1) is 0 Å². The van der Waals surface area contributed by atoms with Crippen molar-refractivity contribution in [2.75, 3.05) is 27.0 Å². The van der Waals surface area contributed by atoms with Crippen LogP contribution < -0.4 is 9.47 Å². The normalized spacial score (nSPS) is 14.4. The molecule has 1 aliphatic heterocycles. The van der Waals surface area contributed by atoms with Crippen LogP contribution in [-0.4, -0.2) is 50.3 Å². The average molecular weight is 446 g/mol. The van der Waals surface area contributed by atoms with Gasteiger partial charge >= 0.3 is 0 Å². The molecule has 3 heterocycles. The molecule has 0 aliphatic carbocycles. The van der Waals surface area contributed by atoms with Gasteiger partial charge in [0.1, 0.15) is 0 Å². The maximum atomic E-state index is 11.7. The van der Waals surface area contributed by atoms with Crippen molar-refractivity contribution in [1.82, 2.24) is 14.9 Å². The Morgan fingerprint density at radius 2 is 1.93 bits per heavy atom. The molecular weight excluding hydrogens is 422 g/mol. The molecule has 0 unspecified atom stereocenters. The van der Waals surface area contributed by atoms with Crippen LogP contribution in [0.5, 0.6) is 11.5 Å². The zero-order valence-electron chi connectivity index (χ0n) is 17.1. The molecule has 0 atom stereocenters. The summed E-state index contributed by atoms with van der Waals surface area (Å²) in [6, 6.07) is 10.2. The Kier molecular flexibility index (Phi) is 5.77. The van der Waals surface area contributed by atoms with Gasteiger partial charge in [-0.1, -0.05) is 0 Å². The quantitative estimate of drug-likeness (QED) is 0.539. The van der Waals surface area contributed by atoms with E-state index in [9.17, 15) is 8.42 Å². The highest BCUT2D eigenvalue weighted by Gasteiger charge is 2.21. The number of benzene rings is 1. The number of sulfone groups is 1. The molecule has 0 saturated heterocycles. The second-order valence-electron chi connectivity index (χ2n) is 7.19. The van der Waals surface area contributed by atoms with Gasteiger partial charge in [0.05, 0.1) is 19.9 Å². The van der Waals surface area contributed by atoms with E-state index in [4.69, 9.17) is 9.47 Å². The van der Waals surface area contributed by atoms with Gasteiger partial charge in [-0.25, -0.2) is 18.4 Å². The van der Waals surface area contributed by atoms with E-state index in [0.717, 1.165) is 36.2 Å². The minimum absolute atomic E-state index is 0.0903. The maximum Gasteiger partial charge on any atom is 0.246 e. The van der Waals surface area contributed by atoms with Crippen molar-refractivity contribution in [3.05, 3.63) is 52.7 Å². The predicted molar refractivity (Wildman–Crippen MR) is 116 cm³/mol. The molecule has 0 fully saturated rings. The molecule has 0 amide bonds. The third-order valence-corrected chi connectivity index (χ3v) is 7.01. The van der Waals surface area contributed by atoms with Crippen molar-refractivity contribution in [2.24, 2.45) is 0 Å². The molecule has 0 N–H and O–H groups in total. The fourth-order valence-corrected chi connectivity index (χ4v) is 5.06. The van der Waals surface area contributed by atoms with E-state index in [-0.39, 0.29) is 5.16 Å². The number of methoxy groups -OCH3 is 2. The predicted octanol–water partition coefficient (Wildman–Crippen LogP) is 3.18. The summed E-state index contributed by atoms with van der Waals surface area (Å²) in [4.78, 5) is 13.0. The minimum Gasteiger partial charge on any atom is -0.493 e. The molecule has 0 spiro atoms. The monoisotopic (exact) mass is 445 g/mol. The molecule has 1 aliphatic rings. The first-order chi connectivity index (χ1) is 14.4. The first kappa shape index (κ1) is 20.8. The van der Waals surface area contributed by atoms with Crippen molar-refractivity contribution < 1.29 is 17.9 Å². The van der Waals surface area contributed by atoms with Gasteiger partial charge in [-0.05, 0) is 35.9 Å². The van der Waals surface area contributed by atoms with Crippen LogP contribution in [0.1, 0.15) is 16.1 Å². The maximum absolute atomic E-state index is 11.7. The largest absolute Gasteiger partial charge is 0.493 e. The Balaban J connectivity index is 1.47. The summed E-state index contributed by atoms with van der Waals surface area (Å²) in [5.74, 6) is 1.43. The second-order valence-corrected chi connectivity index (χ2v) is 10.3. The van der Waals surface area contributed by atoms with E-state index in [2.05, 4.69) is 27.0 Å². The number of thiophene rings is 1. The van der Waals surface area contributed by atoms with Gasteiger partial charge < -0.3 is 9.47 Å². The third-order valence-electron chi connectivity index (χ3n) is 5.03. The summed E-state index contributed by atoms with van der Waals surface area (Å²) in [6.45, 7) is 2.37. The number of fused-ring (bicyclic) bond motifs is 1. The van der Waals surface area contributed by atoms with Gasteiger partial charge in [-0.15, -0.1) is 11.3 Å². The molecule has 9 heteroatoms. The molecule has 7 nitrogen and oxygen atoms in total. The van der Waals surface area contributed by atoms with Crippen LogP contribution in [0.3, 0.4) is 0 Å². The summed E-state index contributed by atoms with van der Waals surface area (Å²) in [6.07, 6.45) is 3.50. The zero-order chi connectivity index (χ0) is 21.3. The number of aromatic nitrogens is 2. The van der Waals surface area contributed by atoms with Crippen molar-refractivity contribution in [2.45, 2.75) is 24.7 Å². The molecule has 4 rings (SSSR count). The minimum atomic E-state index is -3.38. The molecule has 1 aromatic carbocycles. The summed E-state index contributed by atoms with van der Waals surface area (Å²) in [5, 5.41) is -0.0903. The van der Waals surface area contributed by atoms with Crippen molar-refractivity contribution >= 4 is 21.2 Å². The number of rotatable bonds is 6. The van der Waals surface area contributed by atoms with Crippen molar-refractivity contribution in [1.29, 1.82) is 0 Å². The van der Waals surface area contributed by atoms with Crippen LogP contribution >= 0.6 is 11.3 Å². The Bertz CT molecular complexity index is 1170. The Morgan fingerprint density at radius 1 is 1.13 bits per heavy atom. The first-order valence-electron chi connectivity index (χ1n) is 9.45. The highest BCUT2D eigenvalue weighted by atomic mass is 32.2. The van der Waals surface area contributed by atoms with Crippen molar-refractivity contribution in [3.8, 4) is 21.9 Å². The van der Waals surface area contributed by atoms with Gasteiger partial charge in [0.2, 0.25) is 15.0 Å². The molecule has 0 saturated carbocycles. The lowest BCUT2D eigenvalue weighted by molar-refractivity contribution is 0.244. The Morgan fingerprint density at radius 3 is 2.67 bits per heavy atom. The van der Waals surface area contributed by atoms with Gasteiger partial charge in [0.15, 0.2) is 11.5 Å². The fraction of sp³-hybridized carbons (Fsp3) is 0.333. The molecule has 0 bridgehead atoms. The van der Waals surface area contributed by atoms with Crippen LogP contribution in [0.25, 0.3) is 10.4 Å². The summed E-state index contributed by atoms with van der Waals surface area (Å²) < 4.78 is 34.1. The topological polar surface area (TPSA) is 81.6 Å². The van der Waals surface area contributed by atoms with E-state index in [1.807, 2.05) is 18.2 Å². The molecule has 30 heavy (non-hydrogen) atoms. The number of nitrogens with zero attached hydrogens (tertiary/aromatic N) is 3. The lowest BCUT2D eigenvalue weighted by atomic mass is 10.1. The molecule has 158 valence electrons. The smallest absolute Gasteiger partial charge is 0.246 e. The summed E-state index contributed by atoms with van der Waals surface area (Å²) in [5.41, 5.74) is 2.92. The molecule has 3 aromatic rings. The lowest BCUT2D eigenvalue weighted by Gasteiger charge is -2.27. The highest BCUT2D eigenvalue weighted by molar-refractivity contribution is 7.90. The van der Waals surface area contributed by atoms with Gasteiger partial charge in [0, 0.05) is 53.8 Å². The summed E-state index contributed by atoms with van der Waals surface area (Å²) >= 11 is 1.75. The van der Waals surface area contributed by atoms with Crippen LogP contribution in [0.2, 0.25) is 0 Å². The van der Waals surface area contributed by atoms with Crippen LogP contribution in [0.15, 0.2) is 41.7 Å². The van der Waals surface area contributed by atoms with Gasteiger partial charge in [0.25, 0.3) is 0 Å². The number of hydrogen-bond donors (Lipinski definition) is 0. The van der Waals surface area contributed by atoms with E-state index < -0.39 is 9.84 Å². The van der Waals surface area contributed by atoms with E-state index in [1.54, 1.807) is 31.8 Å². The van der Waals surface area contributed by atoms with E-state index in [1.165, 1.54) is 9.75 Å². The van der Waals surface area contributed by atoms with Crippen LogP contribution in [-0.2, 0) is 29.3 Å². The van der Waals surface area contributed by atoms with Gasteiger partial charge in [-0.3, -0.25) is 4.90 Å². The third kappa shape index (κ3) is 4.33. The number of ether oxygens (including phenoxy) is 2. The van der Waals surface area contributed by atoms with Crippen molar-refractivity contribution in [3.63, 3.8) is 0 Å².